The highest BCUT2D eigenvalue weighted by atomic mass is 32.2. The van der Waals surface area contributed by atoms with E-state index in [0.717, 1.165) is 22.3 Å². The lowest BCUT2D eigenvalue weighted by atomic mass is 9.71. The Labute approximate surface area is 374 Å². The molecule has 0 aromatic heterocycles. The molecule has 4 aromatic carbocycles. The molecule has 0 aliphatic carbocycles. The lowest BCUT2D eigenvalue weighted by Gasteiger charge is -2.62. The van der Waals surface area contributed by atoms with Gasteiger partial charge >= 0.3 is 11.9 Å². The summed E-state index contributed by atoms with van der Waals surface area (Å²) in [5, 5.41) is 37.5. The average molecular weight is 885 g/mol. The lowest BCUT2D eigenvalue weighted by molar-refractivity contribution is -0.157. The van der Waals surface area contributed by atoms with Crippen LogP contribution in [0.3, 0.4) is 0 Å². The van der Waals surface area contributed by atoms with Crippen LogP contribution < -0.4 is 29.0 Å². The van der Waals surface area contributed by atoms with Gasteiger partial charge in [0.25, 0.3) is 0 Å². The quantitative estimate of drug-likeness (QED) is 0.0824. The number of benzene rings is 4. The standard InChI is InChI=1S/C49H48N4O10S/c1-6-16-52-31-18-29-17-25(2)43(59-5)42(56)37(29)40(52)41-47-39-38(46-45(61-24-62-46)26(3)44(39)63-36(55)13-12-27-10-8-7-9-11-27)33(53(41)32(31)21-50)22-60-48(57)49(23-64-47)30-20-35(58-4)34(54)19-28(30)14-15-51-49/h6-13,17,19-20,31-33,40-41,47,51,54,56H,1,14-16,18,22-24H2,2-5H3/t31-,32+,33+,40-,41?,47-,49-/m1/s1. The van der Waals surface area contributed by atoms with E-state index in [1.54, 1.807) is 18.2 Å². The minimum atomic E-state index is -1.41. The van der Waals surface area contributed by atoms with Crippen molar-refractivity contribution < 1.29 is 48.2 Å². The van der Waals surface area contributed by atoms with Gasteiger partial charge in [-0.25, -0.2) is 9.59 Å². The number of nitrogens with zero attached hydrogens (tertiary/aromatic N) is 3. The Morgan fingerprint density at radius 1 is 1.05 bits per heavy atom. The Hall–Kier alpha value is -6.18. The summed E-state index contributed by atoms with van der Waals surface area (Å²) in [5.74, 6) is 0.619. The fourth-order valence-electron chi connectivity index (χ4n) is 11.2. The summed E-state index contributed by atoms with van der Waals surface area (Å²) in [7, 11) is 3.00. The molecule has 330 valence electrons. The van der Waals surface area contributed by atoms with Gasteiger partial charge in [-0.3, -0.25) is 15.1 Å². The molecular formula is C49H48N4O10S. The number of rotatable bonds is 7. The molecule has 2 fully saturated rings. The van der Waals surface area contributed by atoms with Gasteiger partial charge < -0.3 is 38.6 Å². The van der Waals surface area contributed by atoms with Crippen LogP contribution in [0.1, 0.15) is 67.4 Å². The van der Waals surface area contributed by atoms with Crippen LogP contribution in [0.4, 0.5) is 0 Å². The van der Waals surface area contributed by atoms with Crippen LogP contribution in [0.2, 0.25) is 0 Å². The number of phenolic OH excluding ortho intramolecular Hbond substituents is 2. The van der Waals surface area contributed by atoms with Crippen molar-refractivity contribution in [3.8, 4) is 46.3 Å². The summed E-state index contributed by atoms with van der Waals surface area (Å²) in [6.07, 6.45) is 5.87. The van der Waals surface area contributed by atoms with Gasteiger partial charge in [0.15, 0.2) is 40.0 Å². The Morgan fingerprint density at radius 2 is 1.84 bits per heavy atom. The number of hydrogen-bond acceptors (Lipinski definition) is 15. The molecule has 15 heteroatoms. The first-order chi connectivity index (χ1) is 31.0. The van der Waals surface area contributed by atoms with Crippen molar-refractivity contribution in [3.63, 3.8) is 0 Å². The van der Waals surface area contributed by atoms with Gasteiger partial charge in [-0.2, -0.15) is 5.26 Å². The number of carbonyl (C=O) groups is 2. The number of carbonyl (C=O) groups excluding carboxylic acids is 2. The van der Waals surface area contributed by atoms with Crippen LogP contribution in [0.5, 0.6) is 40.2 Å². The normalized spacial score (nSPS) is 26.5. The van der Waals surface area contributed by atoms with Crippen LogP contribution in [0.25, 0.3) is 6.08 Å². The monoisotopic (exact) mass is 884 g/mol. The van der Waals surface area contributed by atoms with Crippen molar-refractivity contribution in [2.24, 2.45) is 0 Å². The molecule has 1 spiro atoms. The van der Waals surface area contributed by atoms with Crippen molar-refractivity contribution >= 4 is 29.8 Å². The first-order valence-electron chi connectivity index (χ1n) is 21.3. The first kappa shape index (κ1) is 41.8. The average Bonchev–Trinajstić information content (AvgIpc) is 3.79. The molecule has 11 rings (SSSR count). The number of piperazine rings is 1. The minimum Gasteiger partial charge on any atom is -0.504 e. The number of esters is 2. The highest BCUT2D eigenvalue weighted by Crippen LogP contribution is 2.65. The highest BCUT2D eigenvalue weighted by Gasteiger charge is 2.62. The summed E-state index contributed by atoms with van der Waals surface area (Å²) >= 11 is 1.46. The molecule has 0 saturated carbocycles. The molecule has 7 heterocycles. The molecule has 4 bridgehead atoms. The lowest BCUT2D eigenvalue weighted by Crippen LogP contribution is -2.70. The smallest absolute Gasteiger partial charge is 0.336 e. The van der Waals surface area contributed by atoms with Crippen LogP contribution in [0.15, 0.2) is 67.3 Å². The Bertz CT molecular complexity index is 2680. The summed E-state index contributed by atoms with van der Waals surface area (Å²) < 4.78 is 36.9. The van der Waals surface area contributed by atoms with Gasteiger partial charge in [0.1, 0.15) is 18.4 Å². The molecule has 3 N–H and O–H groups in total. The Kier molecular flexibility index (Phi) is 10.5. The maximum atomic E-state index is 15.0. The van der Waals surface area contributed by atoms with Gasteiger partial charge in [-0.05, 0) is 72.7 Å². The minimum absolute atomic E-state index is 0.0146. The number of hydrogen-bond donors (Lipinski definition) is 3. The molecule has 0 radical (unpaired) electrons. The van der Waals surface area contributed by atoms with Gasteiger partial charge in [0.05, 0.1) is 37.6 Å². The third-order valence-corrected chi connectivity index (χ3v) is 15.2. The maximum Gasteiger partial charge on any atom is 0.336 e. The van der Waals surface area contributed by atoms with Gasteiger partial charge in [0, 0.05) is 59.3 Å². The zero-order chi connectivity index (χ0) is 44.6. The molecular weight excluding hydrogens is 837 g/mol. The first-order valence-corrected chi connectivity index (χ1v) is 22.4. The van der Waals surface area contributed by atoms with E-state index in [0.29, 0.717) is 71.0 Å². The summed E-state index contributed by atoms with van der Waals surface area (Å²) in [6, 6.07) is 14.4. The molecule has 1 unspecified atom stereocenters. The van der Waals surface area contributed by atoms with Crippen molar-refractivity contribution in [1.82, 2.24) is 15.1 Å². The number of nitrogens with one attached hydrogen (secondary N) is 1. The number of ether oxygens (including phenoxy) is 6. The topological polar surface area (TPSA) is 172 Å². The van der Waals surface area contributed by atoms with Crippen molar-refractivity contribution in [1.29, 1.82) is 5.26 Å². The SMILES string of the molecule is C=CCN1[C@@H]2c3c(cc(C)c(OC)c3O)C[C@@H]1[C@H](C#N)N1C2[C@@H]2SC[C@]3(NCCc4cc(O)c(OC)cc43)C(=O)OC[C@H]1c1c3c(c(C)c(OC(=O)C=Cc4ccccc4)c12)OCO3. The summed E-state index contributed by atoms with van der Waals surface area (Å²) in [6.45, 7) is 8.35. The Morgan fingerprint density at radius 3 is 2.59 bits per heavy atom. The molecule has 7 atom stereocenters. The van der Waals surface area contributed by atoms with E-state index in [1.165, 1.54) is 32.1 Å². The third-order valence-electron chi connectivity index (χ3n) is 13.8. The van der Waals surface area contributed by atoms with E-state index in [9.17, 15) is 20.3 Å². The van der Waals surface area contributed by atoms with Crippen LogP contribution >= 0.6 is 11.8 Å². The number of aryl methyl sites for hydroxylation is 1. The van der Waals surface area contributed by atoms with Gasteiger partial charge in [-0.15, -0.1) is 18.3 Å². The number of phenols is 2. The zero-order valence-corrected chi connectivity index (χ0v) is 36.7. The predicted octanol–water partition coefficient (Wildman–Crippen LogP) is 6.24. The number of nitriles is 1. The predicted molar refractivity (Wildman–Crippen MR) is 237 cm³/mol. The second kappa shape index (κ2) is 16.1. The third kappa shape index (κ3) is 6.25. The van der Waals surface area contributed by atoms with E-state index in [-0.39, 0.29) is 48.2 Å². The van der Waals surface area contributed by atoms with E-state index in [1.807, 2.05) is 56.3 Å². The number of methoxy groups -OCH3 is 2. The summed E-state index contributed by atoms with van der Waals surface area (Å²) in [4.78, 5) is 33.5. The van der Waals surface area contributed by atoms with Crippen molar-refractivity contribution in [2.75, 3.05) is 46.5 Å². The maximum absolute atomic E-state index is 15.0. The molecule has 0 amide bonds. The van der Waals surface area contributed by atoms with E-state index >= 15 is 4.79 Å². The van der Waals surface area contributed by atoms with Crippen molar-refractivity contribution in [3.05, 3.63) is 117 Å². The van der Waals surface area contributed by atoms with E-state index in [4.69, 9.17) is 28.4 Å². The van der Waals surface area contributed by atoms with Crippen LogP contribution in [-0.2, 0) is 32.7 Å². The fourth-order valence-corrected chi connectivity index (χ4v) is 12.8. The molecule has 7 aliphatic heterocycles. The number of fused-ring (bicyclic) bond motifs is 9. The zero-order valence-electron chi connectivity index (χ0n) is 35.9. The van der Waals surface area contributed by atoms with Crippen LogP contribution in [0, 0.1) is 25.2 Å². The summed E-state index contributed by atoms with van der Waals surface area (Å²) in [5.41, 5.74) is 4.94. The van der Waals surface area contributed by atoms with Gasteiger partial charge in [-0.1, -0.05) is 42.5 Å². The molecule has 14 nitrogen and oxygen atoms in total. The second-order valence-corrected chi connectivity index (χ2v) is 18.1. The molecule has 7 aliphatic rings. The van der Waals surface area contributed by atoms with E-state index < -0.39 is 46.9 Å². The largest absolute Gasteiger partial charge is 0.504 e. The van der Waals surface area contributed by atoms with Crippen molar-refractivity contribution in [2.45, 2.75) is 67.7 Å². The molecule has 64 heavy (non-hydrogen) atoms. The van der Waals surface area contributed by atoms with Crippen LogP contribution in [-0.4, -0.2) is 96.5 Å². The highest BCUT2D eigenvalue weighted by molar-refractivity contribution is 7.99. The Balaban J connectivity index is 1.24. The molecule has 4 aromatic rings. The van der Waals surface area contributed by atoms with E-state index in [2.05, 4.69) is 27.8 Å². The molecule has 2 saturated heterocycles. The fraction of sp³-hybridized carbons (Fsp3) is 0.367. The van der Waals surface area contributed by atoms with Gasteiger partial charge in [0.2, 0.25) is 6.79 Å². The number of aromatic hydroxyl groups is 2. The number of thioether (sulfide) groups is 1. The second-order valence-electron chi connectivity index (χ2n) is 17.0.